The third-order valence-electron chi connectivity index (χ3n) is 3.84. The Morgan fingerprint density at radius 2 is 1.96 bits per heavy atom. The van der Waals surface area contributed by atoms with Crippen LogP contribution < -0.4 is 10.0 Å². The van der Waals surface area contributed by atoms with E-state index >= 15 is 0 Å². The maximum atomic E-state index is 12.4. The number of rotatable bonds is 7. The van der Waals surface area contributed by atoms with Crippen LogP contribution in [0.5, 0.6) is 0 Å². The molecule has 10 heteroatoms. The Kier molecular flexibility index (Phi) is 5.73. The second-order valence-corrected chi connectivity index (χ2v) is 7.99. The first kappa shape index (κ1) is 19.3. The molecule has 0 atom stereocenters. The van der Waals surface area contributed by atoms with Crippen LogP contribution in [-0.2, 0) is 10.0 Å². The maximum absolute atomic E-state index is 12.4. The first-order chi connectivity index (χ1) is 12.9. The highest BCUT2D eigenvalue weighted by molar-refractivity contribution is 7.89. The van der Waals surface area contributed by atoms with E-state index in [0.29, 0.717) is 28.8 Å². The van der Waals surface area contributed by atoms with Gasteiger partial charge in [-0.25, -0.2) is 27.8 Å². The van der Waals surface area contributed by atoms with Gasteiger partial charge in [0.1, 0.15) is 12.1 Å². The summed E-state index contributed by atoms with van der Waals surface area (Å²) >= 11 is 6.00. The van der Waals surface area contributed by atoms with Gasteiger partial charge in [0.25, 0.3) is 0 Å². The van der Waals surface area contributed by atoms with Crippen molar-refractivity contribution in [3.05, 3.63) is 59.1 Å². The Bertz CT molecular complexity index is 1050. The van der Waals surface area contributed by atoms with Crippen LogP contribution >= 0.6 is 11.6 Å². The van der Waals surface area contributed by atoms with Gasteiger partial charge in [0.15, 0.2) is 5.82 Å². The second kappa shape index (κ2) is 8.03. The molecule has 0 saturated heterocycles. The first-order valence-electron chi connectivity index (χ1n) is 8.20. The lowest BCUT2D eigenvalue weighted by molar-refractivity contribution is 0.582. The number of aryl methyl sites for hydroxylation is 1. The van der Waals surface area contributed by atoms with Gasteiger partial charge in [-0.2, -0.15) is 5.10 Å². The van der Waals surface area contributed by atoms with Crippen molar-refractivity contribution in [2.45, 2.75) is 18.7 Å². The molecule has 3 rings (SSSR count). The maximum Gasteiger partial charge on any atom is 0.240 e. The molecule has 2 N–H and O–H groups in total. The molecule has 27 heavy (non-hydrogen) atoms. The molecule has 0 radical (unpaired) electrons. The standard InChI is InChI=1S/C17H19ClN6O2S/c1-12-6-9-24(23-12)17-10-16(20-11-21-17)19-7-8-22-27(25,26)15-5-3-4-14(18)13(15)2/h3-6,9-11,22H,7-8H2,1-2H3,(H,19,20,21). The first-order valence-corrected chi connectivity index (χ1v) is 10.1. The number of anilines is 1. The fourth-order valence-corrected chi connectivity index (χ4v) is 3.97. The minimum Gasteiger partial charge on any atom is -0.369 e. The van der Waals surface area contributed by atoms with E-state index in [1.165, 1.54) is 12.4 Å². The lowest BCUT2D eigenvalue weighted by Gasteiger charge is -2.11. The number of hydrogen-bond donors (Lipinski definition) is 2. The molecule has 0 saturated carbocycles. The molecule has 0 fully saturated rings. The summed E-state index contributed by atoms with van der Waals surface area (Å²) in [6, 6.07) is 8.41. The van der Waals surface area contributed by atoms with Crippen molar-refractivity contribution < 1.29 is 8.42 Å². The number of benzene rings is 1. The molecule has 0 bridgehead atoms. The van der Waals surface area contributed by atoms with Gasteiger partial charge in [-0.15, -0.1) is 0 Å². The molecular weight excluding hydrogens is 388 g/mol. The topological polar surface area (TPSA) is 102 Å². The van der Waals surface area contributed by atoms with Crippen LogP contribution in [0.1, 0.15) is 11.3 Å². The fourth-order valence-electron chi connectivity index (χ4n) is 2.44. The summed E-state index contributed by atoms with van der Waals surface area (Å²) in [7, 11) is -3.64. The van der Waals surface area contributed by atoms with Crippen molar-refractivity contribution in [2.75, 3.05) is 18.4 Å². The van der Waals surface area contributed by atoms with Gasteiger partial charge >= 0.3 is 0 Å². The normalized spacial score (nSPS) is 11.5. The Balaban J connectivity index is 1.60. The van der Waals surface area contributed by atoms with Gasteiger partial charge in [0, 0.05) is 30.4 Å². The van der Waals surface area contributed by atoms with Crippen LogP contribution in [0.3, 0.4) is 0 Å². The zero-order chi connectivity index (χ0) is 19.4. The molecule has 0 amide bonds. The summed E-state index contributed by atoms with van der Waals surface area (Å²) in [6.45, 7) is 4.11. The third kappa shape index (κ3) is 4.62. The van der Waals surface area contributed by atoms with Crippen molar-refractivity contribution in [2.24, 2.45) is 0 Å². The molecule has 2 heterocycles. The minimum atomic E-state index is -3.64. The summed E-state index contributed by atoms with van der Waals surface area (Å²) in [4.78, 5) is 8.48. The number of nitrogens with zero attached hydrogens (tertiary/aromatic N) is 4. The van der Waals surface area contributed by atoms with Crippen LogP contribution in [0.4, 0.5) is 5.82 Å². The van der Waals surface area contributed by atoms with Crippen LogP contribution in [0.15, 0.2) is 47.8 Å². The molecule has 0 unspecified atom stereocenters. The second-order valence-electron chi connectivity index (χ2n) is 5.85. The van der Waals surface area contributed by atoms with E-state index in [1.54, 1.807) is 29.8 Å². The number of halogens is 1. The van der Waals surface area contributed by atoms with E-state index in [-0.39, 0.29) is 11.4 Å². The van der Waals surface area contributed by atoms with E-state index < -0.39 is 10.0 Å². The van der Waals surface area contributed by atoms with Gasteiger partial charge in [-0.3, -0.25) is 0 Å². The van der Waals surface area contributed by atoms with E-state index in [0.717, 1.165) is 5.69 Å². The lowest BCUT2D eigenvalue weighted by Crippen LogP contribution is -2.29. The molecule has 0 aliphatic carbocycles. The van der Waals surface area contributed by atoms with Crippen molar-refractivity contribution >= 4 is 27.4 Å². The predicted molar refractivity (Wildman–Crippen MR) is 104 cm³/mol. The average Bonchev–Trinajstić information content (AvgIpc) is 3.08. The summed E-state index contributed by atoms with van der Waals surface area (Å²) in [6.07, 6.45) is 3.23. The van der Waals surface area contributed by atoms with Crippen LogP contribution in [0.2, 0.25) is 5.02 Å². The number of hydrogen-bond acceptors (Lipinski definition) is 6. The highest BCUT2D eigenvalue weighted by Gasteiger charge is 2.17. The molecule has 1 aromatic carbocycles. The number of sulfonamides is 1. The lowest BCUT2D eigenvalue weighted by atomic mass is 10.2. The molecule has 0 aliphatic heterocycles. The van der Waals surface area contributed by atoms with E-state index in [9.17, 15) is 8.42 Å². The predicted octanol–water partition coefficient (Wildman–Crippen LogP) is 2.32. The third-order valence-corrected chi connectivity index (χ3v) is 5.86. The number of aromatic nitrogens is 4. The van der Waals surface area contributed by atoms with Gasteiger partial charge in [-0.05, 0) is 37.6 Å². The van der Waals surface area contributed by atoms with Gasteiger partial charge < -0.3 is 5.32 Å². The van der Waals surface area contributed by atoms with Gasteiger partial charge in [-0.1, -0.05) is 17.7 Å². The minimum absolute atomic E-state index is 0.174. The monoisotopic (exact) mass is 406 g/mol. The molecule has 142 valence electrons. The Labute approximate surface area is 162 Å². The molecular formula is C17H19ClN6O2S. The van der Waals surface area contributed by atoms with Crippen molar-refractivity contribution in [1.82, 2.24) is 24.5 Å². The number of nitrogens with one attached hydrogen (secondary N) is 2. The van der Waals surface area contributed by atoms with Crippen molar-refractivity contribution in [1.29, 1.82) is 0 Å². The largest absolute Gasteiger partial charge is 0.369 e. The zero-order valence-electron chi connectivity index (χ0n) is 14.8. The highest BCUT2D eigenvalue weighted by atomic mass is 35.5. The zero-order valence-corrected chi connectivity index (χ0v) is 16.4. The molecule has 0 spiro atoms. The summed E-state index contributed by atoms with van der Waals surface area (Å²) in [5, 5.41) is 7.78. The fraction of sp³-hybridized carbons (Fsp3) is 0.235. The van der Waals surface area contributed by atoms with Crippen molar-refractivity contribution in [3.63, 3.8) is 0 Å². The highest BCUT2D eigenvalue weighted by Crippen LogP contribution is 2.22. The Morgan fingerprint density at radius 1 is 1.15 bits per heavy atom. The SMILES string of the molecule is Cc1ccn(-c2cc(NCCNS(=O)(=O)c3cccc(Cl)c3C)ncn2)n1. The Morgan fingerprint density at radius 3 is 2.70 bits per heavy atom. The van der Waals surface area contributed by atoms with Crippen LogP contribution in [-0.4, -0.2) is 41.3 Å². The van der Waals surface area contributed by atoms with Crippen LogP contribution in [0, 0.1) is 13.8 Å². The van der Waals surface area contributed by atoms with Gasteiger partial charge in [0.05, 0.1) is 10.6 Å². The van der Waals surface area contributed by atoms with E-state index in [1.807, 2.05) is 19.2 Å². The molecule has 3 aromatic rings. The Hall–Kier alpha value is -2.49. The molecule has 8 nitrogen and oxygen atoms in total. The summed E-state index contributed by atoms with van der Waals surface area (Å²) < 4.78 is 29.0. The molecule has 0 aliphatic rings. The summed E-state index contributed by atoms with van der Waals surface area (Å²) in [5.74, 6) is 1.20. The van der Waals surface area contributed by atoms with Crippen molar-refractivity contribution in [3.8, 4) is 5.82 Å². The average molecular weight is 407 g/mol. The van der Waals surface area contributed by atoms with Crippen LogP contribution in [0.25, 0.3) is 5.82 Å². The smallest absolute Gasteiger partial charge is 0.240 e. The van der Waals surface area contributed by atoms with E-state index in [4.69, 9.17) is 11.6 Å². The van der Waals surface area contributed by atoms with Gasteiger partial charge in [0.2, 0.25) is 10.0 Å². The summed E-state index contributed by atoms with van der Waals surface area (Å²) in [5.41, 5.74) is 1.41. The quantitative estimate of drug-likeness (QED) is 0.584. The van der Waals surface area contributed by atoms with E-state index in [2.05, 4.69) is 25.1 Å². The molecule has 2 aromatic heterocycles.